The van der Waals surface area contributed by atoms with Crippen LogP contribution < -0.4 is 10.6 Å². The smallest absolute Gasteiger partial charge is 0.257 e. The monoisotopic (exact) mass is 402 g/mol. The van der Waals surface area contributed by atoms with E-state index >= 15 is 0 Å². The van der Waals surface area contributed by atoms with Crippen molar-refractivity contribution >= 4 is 28.3 Å². The third kappa shape index (κ3) is 5.60. The van der Waals surface area contributed by atoms with Crippen LogP contribution in [0.25, 0.3) is 0 Å². The summed E-state index contributed by atoms with van der Waals surface area (Å²) in [5, 5.41) is 8.06. The Bertz CT molecular complexity index is 801. The largest absolute Gasteiger partial charge is 0.379 e. The van der Waals surface area contributed by atoms with Crippen LogP contribution in [0.4, 0.5) is 5.13 Å². The number of hydrogen-bond acceptors (Lipinski definition) is 6. The van der Waals surface area contributed by atoms with Crippen LogP contribution in [0, 0.1) is 0 Å². The highest BCUT2D eigenvalue weighted by atomic mass is 32.1. The third-order valence-corrected chi connectivity index (χ3v) is 5.54. The van der Waals surface area contributed by atoms with Crippen LogP contribution in [0.15, 0.2) is 35.7 Å². The summed E-state index contributed by atoms with van der Waals surface area (Å²) >= 11 is 1.32. The van der Waals surface area contributed by atoms with Crippen molar-refractivity contribution in [1.29, 1.82) is 0 Å². The number of anilines is 1. The Morgan fingerprint density at radius 3 is 2.64 bits per heavy atom. The molecule has 0 atom stereocenters. The summed E-state index contributed by atoms with van der Waals surface area (Å²) in [4.78, 5) is 31.2. The summed E-state index contributed by atoms with van der Waals surface area (Å²) in [7, 11) is 0. The molecule has 2 heterocycles. The van der Waals surface area contributed by atoms with E-state index in [0.29, 0.717) is 22.9 Å². The highest BCUT2D eigenvalue weighted by molar-refractivity contribution is 7.14. The fourth-order valence-electron chi connectivity index (χ4n) is 3.03. The second-order valence-electron chi connectivity index (χ2n) is 7.33. The van der Waals surface area contributed by atoms with Gasteiger partial charge in [0, 0.05) is 36.1 Å². The highest BCUT2D eigenvalue weighted by Gasteiger charge is 2.28. The van der Waals surface area contributed by atoms with Gasteiger partial charge in [-0.2, -0.15) is 0 Å². The molecule has 1 aliphatic rings. The predicted octanol–water partition coefficient (Wildman–Crippen LogP) is 2.16. The lowest BCUT2D eigenvalue weighted by molar-refractivity contribution is -0.121. The lowest BCUT2D eigenvalue weighted by atomic mass is 10.0. The number of aromatic nitrogens is 1. The Morgan fingerprint density at radius 1 is 1.21 bits per heavy atom. The van der Waals surface area contributed by atoms with Crippen molar-refractivity contribution in [3.8, 4) is 0 Å². The number of thiazole rings is 1. The van der Waals surface area contributed by atoms with E-state index in [1.807, 2.05) is 18.2 Å². The minimum atomic E-state index is -0.210. The van der Waals surface area contributed by atoms with E-state index in [1.54, 1.807) is 17.5 Å². The number of amides is 2. The lowest BCUT2D eigenvalue weighted by Crippen LogP contribution is -2.55. The average Bonchev–Trinajstić information content (AvgIpc) is 3.14. The molecule has 1 aliphatic heterocycles. The molecule has 2 N–H and O–H groups in total. The zero-order valence-electron chi connectivity index (χ0n) is 16.2. The molecule has 28 heavy (non-hydrogen) atoms. The molecule has 2 aromatic rings. The van der Waals surface area contributed by atoms with Gasteiger partial charge in [0.15, 0.2) is 5.13 Å². The molecule has 8 heteroatoms. The average molecular weight is 403 g/mol. The molecule has 7 nitrogen and oxygen atoms in total. The Hall–Kier alpha value is -2.29. The van der Waals surface area contributed by atoms with Crippen molar-refractivity contribution in [2.45, 2.75) is 25.8 Å². The summed E-state index contributed by atoms with van der Waals surface area (Å²) in [6.07, 6.45) is 0.191. The van der Waals surface area contributed by atoms with Gasteiger partial charge in [0.25, 0.3) is 5.91 Å². The number of nitrogens with zero attached hydrogens (tertiary/aromatic N) is 2. The first-order valence-electron chi connectivity index (χ1n) is 9.34. The van der Waals surface area contributed by atoms with Crippen molar-refractivity contribution in [3.63, 3.8) is 0 Å². The van der Waals surface area contributed by atoms with Gasteiger partial charge in [-0.3, -0.25) is 19.8 Å². The Labute approximate surface area is 169 Å². The number of ether oxygens (including phenoxy) is 1. The van der Waals surface area contributed by atoms with Gasteiger partial charge in [0.05, 0.1) is 25.3 Å². The number of benzene rings is 1. The highest BCUT2D eigenvalue weighted by Crippen LogP contribution is 2.18. The molecular formula is C20H26N4O3S. The first-order chi connectivity index (χ1) is 13.4. The number of carbonyl (C=O) groups excluding carboxylic acids is 2. The van der Waals surface area contributed by atoms with Crippen LogP contribution in [0.2, 0.25) is 0 Å². The summed E-state index contributed by atoms with van der Waals surface area (Å²) in [6, 6.07) is 8.97. The SMILES string of the molecule is CC(C)(CNC(=O)Cc1csc(NC(=O)c2ccccc2)n1)N1CCOCC1. The third-order valence-electron chi connectivity index (χ3n) is 4.74. The Morgan fingerprint density at radius 2 is 1.93 bits per heavy atom. The van der Waals surface area contributed by atoms with Gasteiger partial charge in [0.2, 0.25) is 5.91 Å². The molecule has 1 fully saturated rings. The van der Waals surface area contributed by atoms with Crippen LogP contribution in [-0.2, 0) is 16.0 Å². The van der Waals surface area contributed by atoms with Crippen molar-refractivity contribution in [2.24, 2.45) is 0 Å². The topological polar surface area (TPSA) is 83.6 Å². The molecule has 2 amide bonds. The minimum absolute atomic E-state index is 0.0763. The van der Waals surface area contributed by atoms with Gasteiger partial charge in [-0.1, -0.05) is 18.2 Å². The van der Waals surface area contributed by atoms with Crippen LogP contribution >= 0.6 is 11.3 Å². The Kier molecular flexibility index (Phi) is 6.77. The molecule has 0 saturated carbocycles. The summed E-state index contributed by atoms with van der Waals surface area (Å²) in [5.74, 6) is -0.286. The molecule has 0 bridgehead atoms. The fraction of sp³-hybridized carbons (Fsp3) is 0.450. The molecule has 150 valence electrons. The van der Waals surface area contributed by atoms with Crippen LogP contribution in [0.3, 0.4) is 0 Å². The van der Waals surface area contributed by atoms with E-state index in [1.165, 1.54) is 11.3 Å². The predicted molar refractivity (Wildman–Crippen MR) is 110 cm³/mol. The molecular weight excluding hydrogens is 376 g/mol. The molecule has 3 rings (SSSR count). The number of rotatable bonds is 7. The number of nitrogens with one attached hydrogen (secondary N) is 2. The maximum Gasteiger partial charge on any atom is 0.257 e. The van der Waals surface area contributed by atoms with Gasteiger partial charge in [-0.15, -0.1) is 11.3 Å². The van der Waals surface area contributed by atoms with E-state index in [-0.39, 0.29) is 23.8 Å². The van der Waals surface area contributed by atoms with Crippen LogP contribution in [0.5, 0.6) is 0 Å². The molecule has 0 spiro atoms. The van der Waals surface area contributed by atoms with Crippen molar-refractivity contribution in [1.82, 2.24) is 15.2 Å². The van der Waals surface area contributed by atoms with Crippen molar-refractivity contribution in [3.05, 3.63) is 47.0 Å². The van der Waals surface area contributed by atoms with Crippen molar-refractivity contribution in [2.75, 3.05) is 38.2 Å². The summed E-state index contributed by atoms with van der Waals surface area (Å²) in [5.41, 5.74) is 1.09. The standard InChI is InChI=1S/C20H26N4O3S/c1-20(2,24-8-10-27-11-9-24)14-21-17(25)12-16-13-28-19(22-16)23-18(26)15-6-4-3-5-7-15/h3-7,13H,8-12,14H2,1-2H3,(H,21,25)(H,22,23,26). The second-order valence-corrected chi connectivity index (χ2v) is 8.19. The van der Waals surface area contributed by atoms with E-state index < -0.39 is 0 Å². The van der Waals surface area contributed by atoms with Gasteiger partial charge < -0.3 is 10.1 Å². The lowest BCUT2D eigenvalue weighted by Gasteiger charge is -2.40. The minimum Gasteiger partial charge on any atom is -0.379 e. The molecule has 1 saturated heterocycles. The maximum atomic E-state index is 12.3. The van der Waals surface area contributed by atoms with Crippen molar-refractivity contribution < 1.29 is 14.3 Å². The van der Waals surface area contributed by atoms with Gasteiger partial charge in [-0.25, -0.2) is 4.98 Å². The maximum absolute atomic E-state index is 12.3. The summed E-state index contributed by atoms with van der Waals surface area (Å²) in [6.45, 7) is 8.02. The van der Waals surface area contributed by atoms with Crippen LogP contribution in [0.1, 0.15) is 29.9 Å². The molecule has 0 unspecified atom stereocenters. The van der Waals surface area contributed by atoms with Crippen LogP contribution in [-0.4, -0.2) is 60.1 Å². The second kappa shape index (κ2) is 9.27. The van der Waals surface area contributed by atoms with Gasteiger partial charge >= 0.3 is 0 Å². The van der Waals surface area contributed by atoms with Gasteiger partial charge in [0.1, 0.15) is 0 Å². The Balaban J connectivity index is 1.47. The zero-order chi connectivity index (χ0) is 20.0. The van der Waals surface area contributed by atoms with E-state index in [9.17, 15) is 9.59 Å². The first-order valence-corrected chi connectivity index (χ1v) is 10.2. The summed E-state index contributed by atoms with van der Waals surface area (Å²) < 4.78 is 5.39. The number of morpholine rings is 1. The molecule has 1 aromatic carbocycles. The quantitative estimate of drug-likeness (QED) is 0.742. The number of hydrogen-bond donors (Lipinski definition) is 2. The van der Waals surface area contributed by atoms with Gasteiger partial charge in [-0.05, 0) is 26.0 Å². The normalized spacial score (nSPS) is 15.2. The van der Waals surface area contributed by atoms with E-state index in [2.05, 4.69) is 34.4 Å². The molecule has 0 radical (unpaired) electrons. The fourth-order valence-corrected chi connectivity index (χ4v) is 3.73. The molecule has 1 aromatic heterocycles. The van der Waals surface area contributed by atoms with E-state index in [0.717, 1.165) is 26.3 Å². The number of carbonyl (C=O) groups is 2. The van der Waals surface area contributed by atoms with E-state index in [4.69, 9.17) is 4.74 Å². The first kappa shape index (κ1) is 20.4. The molecule has 0 aliphatic carbocycles. The zero-order valence-corrected chi connectivity index (χ0v) is 17.1.